The third-order valence-electron chi connectivity index (χ3n) is 3.40. The van der Waals surface area contributed by atoms with Crippen LogP contribution in [0.1, 0.15) is 32.3 Å². The molecule has 21 heavy (non-hydrogen) atoms. The molecule has 1 aliphatic rings. The molecule has 0 bridgehead atoms. The lowest BCUT2D eigenvalue weighted by Gasteiger charge is -2.33. The van der Waals surface area contributed by atoms with Gasteiger partial charge < -0.3 is 19.5 Å². The number of aliphatic hydroxyl groups is 1. The highest BCUT2D eigenvalue weighted by molar-refractivity contribution is 5.41. The largest absolute Gasteiger partial charge is 0.394 e. The fraction of sp³-hybridized carbons (Fsp3) is 0.733. The topological polar surface area (TPSA) is 67.7 Å². The highest BCUT2D eigenvalue weighted by Crippen LogP contribution is 2.23. The van der Waals surface area contributed by atoms with Gasteiger partial charge in [0.1, 0.15) is 11.6 Å². The summed E-state index contributed by atoms with van der Waals surface area (Å²) in [5.74, 6) is 1.68. The van der Waals surface area contributed by atoms with Gasteiger partial charge in [0.05, 0.1) is 31.6 Å². The molecule has 0 radical (unpaired) electrons. The van der Waals surface area contributed by atoms with Crippen molar-refractivity contribution in [3.8, 4) is 0 Å². The lowest BCUT2D eigenvalue weighted by molar-refractivity contribution is 0.00332. The van der Waals surface area contributed by atoms with Gasteiger partial charge in [0.15, 0.2) is 0 Å². The fourth-order valence-corrected chi connectivity index (χ4v) is 2.24. The predicted molar refractivity (Wildman–Crippen MR) is 80.5 cm³/mol. The first-order valence-electron chi connectivity index (χ1n) is 7.29. The van der Waals surface area contributed by atoms with E-state index in [0.717, 1.165) is 23.9 Å². The van der Waals surface area contributed by atoms with Crippen molar-refractivity contribution in [2.75, 3.05) is 38.3 Å². The summed E-state index contributed by atoms with van der Waals surface area (Å²) in [5, 5.41) is 9.27. The van der Waals surface area contributed by atoms with Crippen molar-refractivity contribution in [3.63, 3.8) is 0 Å². The minimum absolute atomic E-state index is 0.0264. The molecule has 1 atom stereocenters. The smallest absolute Gasteiger partial charge is 0.136 e. The summed E-state index contributed by atoms with van der Waals surface area (Å²) in [5.41, 5.74) is 0.751. The molecule has 2 rings (SSSR count). The van der Waals surface area contributed by atoms with Crippen LogP contribution in [0.25, 0.3) is 0 Å². The summed E-state index contributed by atoms with van der Waals surface area (Å²) >= 11 is 0. The van der Waals surface area contributed by atoms with Crippen LogP contribution in [-0.2, 0) is 21.5 Å². The Hall–Kier alpha value is -1.24. The maximum absolute atomic E-state index is 9.27. The third kappa shape index (κ3) is 4.12. The molecule has 0 saturated carbocycles. The average Bonchev–Trinajstić information content (AvgIpc) is 2.46. The number of anilines is 1. The van der Waals surface area contributed by atoms with Gasteiger partial charge in [0.2, 0.25) is 0 Å². The second-order valence-electron chi connectivity index (χ2n) is 6.35. The molecule has 0 aliphatic carbocycles. The Morgan fingerprint density at radius 2 is 2.19 bits per heavy atom. The zero-order valence-electron chi connectivity index (χ0n) is 13.3. The van der Waals surface area contributed by atoms with Crippen molar-refractivity contribution in [1.82, 2.24) is 9.97 Å². The number of rotatable bonds is 4. The van der Waals surface area contributed by atoms with E-state index in [1.807, 2.05) is 6.07 Å². The molecular weight excluding hydrogens is 270 g/mol. The Bertz CT molecular complexity index is 474. The monoisotopic (exact) mass is 295 g/mol. The molecular formula is C15H25N3O3. The molecule has 0 spiro atoms. The Balaban J connectivity index is 2.31. The number of ether oxygens (including phenoxy) is 2. The number of aliphatic hydroxyl groups excluding tert-OH is 1. The van der Waals surface area contributed by atoms with Crippen molar-refractivity contribution < 1.29 is 14.6 Å². The minimum atomic E-state index is -0.155. The van der Waals surface area contributed by atoms with Crippen molar-refractivity contribution >= 4 is 5.82 Å². The van der Waals surface area contributed by atoms with Gasteiger partial charge >= 0.3 is 0 Å². The number of aromatic nitrogens is 2. The van der Waals surface area contributed by atoms with E-state index in [2.05, 4.69) is 30.7 Å². The summed E-state index contributed by atoms with van der Waals surface area (Å²) in [6.45, 7) is 8.79. The van der Waals surface area contributed by atoms with Gasteiger partial charge in [0.25, 0.3) is 0 Å². The SMILES string of the molecule is COCc1cc(N2CCOC(CO)C2)nc(C(C)(C)C)n1. The Kier molecular flexibility index (Phi) is 5.13. The summed E-state index contributed by atoms with van der Waals surface area (Å²) in [4.78, 5) is 11.4. The van der Waals surface area contributed by atoms with Crippen molar-refractivity contribution in [1.29, 1.82) is 0 Å². The first kappa shape index (κ1) is 16.1. The van der Waals surface area contributed by atoms with Crippen LogP contribution in [-0.4, -0.2) is 54.6 Å². The molecule has 6 heteroatoms. The van der Waals surface area contributed by atoms with Crippen LogP contribution in [0.5, 0.6) is 0 Å². The van der Waals surface area contributed by atoms with Crippen LogP contribution < -0.4 is 4.90 Å². The molecule has 1 aromatic rings. The standard InChI is InChI=1S/C15H25N3O3/c1-15(2,3)14-16-11(10-20-4)7-13(17-14)18-5-6-21-12(8-18)9-19/h7,12,19H,5-6,8-10H2,1-4H3. The number of hydrogen-bond donors (Lipinski definition) is 1. The second-order valence-corrected chi connectivity index (χ2v) is 6.35. The fourth-order valence-electron chi connectivity index (χ4n) is 2.24. The summed E-state index contributed by atoms with van der Waals surface area (Å²) in [7, 11) is 1.66. The summed E-state index contributed by atoms with van der Waals surface area (Å²) in [6, 6.07) is 1.96. The Morgan fingerprint density at radius 1 is 1.43 bits per heavy atom. The van der Waals surface area contributed by atoms with E-state index in [1.54, 1.807) is 7.11 Å². The van der Waals surface area contributed by atoms with Gasteiger partial charge in [-0.1, -0.05) is 20.8 Å². The zero-order chi connectivity index (χ0) is 15.5. The van der Waals surface area contributed by atoms with Crippen LogP contribution in [0, 0.1) is 0 Å². The van der Waals surface area contributed by atoms with Gasteiger partial charge in [-0.05, 0) is 0 Å². The van der Waals surface area contributed by atoms with Crippen LogP contribution in [0.4, 0.5) is 5.82 Å². The van der Waals surface area contributed by atoms with Crippen LogP contribution in [0.2, 0.25) is 0 Å². The third-order valence-corrected chi connectivity index (χ3v) is 3.40. The lowest BCUT2D eigenvalue weighted by Crippen LogP contribution is -2.44. The zero-order valence-corrected chi connectivity index (χ0v) is 13.3. The molecule has 0 amide bonds. The lowest BCUT2D eigenvalue weighted by atomic mass is 9.95. The van der Waals surface area contributed by atoms with Gasteiger partial charge in [-0.2, -0.15) is 0 Å². The molecule has 1 saturated heterocycles. The van der Waals surface area contributed by atoms with E-state index < -0.39 is 0 Å². The normalized spacial score (nSPS) is 19.9. The number of nitrogens with zero attached hydrogens (tertiary/aromatic N) is 3. The quantitative estimate of drug-likeness (QED) is 0.898. The van der Waals surface area contributed by atoms with E-state index in [9.17, 15) is 5.11 Å². The molecule has 2 heterocycles. The minimum Gasteiger partial charge on any atom is -0.394 e. The van der Waals surface area contributed by atoms with Crippen molar-refractivity contribution in [2.45, 2.75) is 38.9 Å². The number of hydrogen-bond acceptors (Lipinski definition) is 6. The van der Waals surface area contributed by atoms with Crippen molar-refractivity contribution in [3.05, 3.63) is 17.6 Å². The highest BCUT2D eigenvalue weighted by atomic mass is 16.5. The summed E-state index contributed by atoms with van der Waals surface area (Å²) in [6.07, 6.45) is -0.155. The van der Waals surface area contributed by atoms with E-state index in [0.29, 0.717) is 19.8 Å². The first-order chi connectivity index (χ1) is 9.94. The molecule has 1 aromatic heterocycles. The first-order valence-corrected chi connectivity index (χ1v) is 7.29. The Labute approximate surface area is 126 Å². The maximum atomic E-state index is 9.27. The van der Waals surface area contributed by atoms with Gasteiger partial charge in [-0.3, -0.25) is 0 Å². The average molecular weight is 295 g/mol. The van der Waals surface area contributed by atoms with Gasteiger partial charge in [-0.15, -0.1) is 0 Å². The molecule has 0 aromatic carbocycles. The molecule has 1 aliphatic heterocycles. The van der Waals surface area contributed by atoms with E-state index in [4.69, 9.17) is 14.5 Å². The van der Waals surface area contributed by atoms with E-state index >= 15 is 0 Å². The summed E-state index contributed by atoms with van der Waals surface area (Å²) < 4.78 is 10.7. The number of methoxy groups -OCH3 is 1. The highest BCUT2D eigenvalue weighted by Gasteiger charge is 2.24. The maximum Gasteiger partial charge on any atom is 0.136 e. The molecule has 1 fully saturated rings. The Morgan fingerprint density at radius 3 is 2.81 bits per heavy atom. The second kappa shape index (κ2) is 6.68. The molecule has 118 valence electrons. The number of morpholine rings is 1. The van der Waals surface area contributed by atoms with Gasteiger partial charge in [0, 0.05) is 31.7 Å². The molecule has 6 nitrogen and oxygen atoms in total. The van der Waals surface area contributed by atoms with Gasteiger partial charge in [-0.25, -0.2) is 9.97 Å². The van der Waals surface area contributed by atoms with E-state index in [-0.39, 0.29) is 18.1 Å². The van der Waals surface area contributed by atoms with Crippen LogP contribution >= 0.6 is 0 Å². The van der Waals surface area contributed by atoms with Crippen LogP contribution in [0.3, 0.4) is 0 Å². The predicted octanol–water partition coefficient (Wildman–Crippen LogP) is 1.12. The van der Waals surface area contributed by atoms with Crippen molar-refractivity contribution in [2.24, 2.45) is 0 Å². The molecule has 1 N–H and O–H groups in total. The van der Waals surface area contributed by atoms with E-state index in [1.165, 1.54) is 0 Å². The molecule has 1 unspecified atom stereocenters. The van der Waals surface area contributed by atoms with Crippen LogP contribution in [0.15, 0.2) is 6.07 Å².